The van der Waals surface area contributed by atoms with Gasteiger partial charge >= 0.3 is 0 Å². The van der Waals surface area contributed by atoms with E-state index in [-0.39, 0.29) is 29.9 Å². The van der Waals surface area contributed by atoms with Crippen molar-refractivity contribution in [2.45, 2.75) is 38.1 Å². The molecule has 0 radical (unpaired) electrons. The molecule has 1 aromatic rings. The quantitative estimate of drug-likeness (QED) is 0.872. The summed E-state index contributed by atoms with van der Waals surface area (Å²) in [6.07, 6.45) is 0.554. The Kier molecular flexibility index (Phi) is 6.93. The van der Waals surface area contributed by atoms with Gasteiger partial charge in [-0.15, -0.1) is 12.4 Å². The van der Waals surface area contributed by atoms with E-state index in [0.717, 1.165) is 0 Å². The first-order valence-electron chi connectivity index (χ1n) is 5.76. The molecular formula is C12H20ClFN2O2S. The molecular weight excluding hydrogens is 291 g/mol. The highest BCUT2D eigenvalue weighted by molar-refractivity contribution is 7.89. The molecule has 0 spiro atoms. The maximum absolute atomic E-state index is 13.1. The largest absolute Gasteiger partial charge is 0.328 e. The van der Waals surface area contributed by atoms with Crippen molar-refractivity contribution in [2.75, 3.05) is 6.54 Å². The number of halogens is 2. The molecule has 0 fully saturated rings. The molecule has 110 valence electrons. The van der Waals surface area contributed by atoms with Crippen molar-refractivity contribution in [1.82, 2.24) is 4.72 Å². The van der Waals surface area contributed by atoms with E-state index in [1.165, 1.54) is 12.1 Å². The molecule has 0 amide bonds. The Labute approximate surface area is 120 Å². The van der Waals surface area contributed by atoms with Crippen LogP contribution in [-0.2, 0) is 10.0 Å². The van der Waals surface area contributed by atoms with E-state index in [4.69, 9.17) is 5.73 Å². The molecule has 0 aliphatic carbocycles. The Morgan fingerprint density at radius 1 is 1.32 bits per heavy atom. The van der Waals surface area contributed by atoms with Gasteiger partial charge in [0, 0.05) is 12.6 Å². The molecule has 1 unspecified atom stereocenters. The lowest BCUT2D eigenvalue weighted by atomic mass is 10.1. The summed E-state index contributed by atoms with van der Waals surface area (Å²) in [5, 5.41) is 0. The zero-order valence-corrected chi connectivity index (χ0v) is 12.9. The van der Waals surface area contributed by atoms with E-state index >= 15 is 0 Å². The Balaban J connectivity index is 0.00000324. The van der Waals surface area contributed by atoms with Gasteiger partial charge in [0.2, 0.25) is 10.0 Å². The topological polar surface area (TPSA) is 72.2 Å². The summed E-state index contributed by atoms with van der Waals surface area (Å²) in [5.74, 6) is -0.431. The van der Waals surface area contributed by atoms with Gasteiger partial charge in [0.1, 0.15) is 5.82 Å². The summed E-state index contributed by atoms with van der Waals surface area (Å²) in [5.41, 5.74) is 6.36. The Morgan fingerprint density at radius 2 is 1.79 bits per heavy atom. The van der Waals surface area contributed by atoms with Gasteiger partial charge in [-0.05, 0) is 50.5 Å². The van der Waals surface area contributed by atoms with E-state index in [2.05, 4.69) is 4.72 Å². The second-order valence-electron chi connectivity index (χ2n) is 4.53. The highest BCUT2D eigenvalue weighted by Crippen LogP contribution is 2.21. The first kappa shape index (κ1) is 18.3. The minimum Gasteiger partial charge on any atom is -0.328 e. The highest BCUT2D eigenvalue weighted by Gasteiger charge is 2.19. The molecule has 7 heteroatoms. The maximum Gasteiger partial charge on any atom is 0.241 e. The summed E-state index contributed by atoms with van der Waals surface area (Å²) in [6, 6.07) is 2.36. The summed E-state index contributed by atoms with van der Waals surface area (Å²) >= 11 is 0. The first-order valence-corrected chi connectivity index (χ1v) is 7.24. The second kappa shape index (κ2) is 7.19. The molecule has 0 aliphatic heterocycles. The van der Waals surface area contributed by atoms with Gasteiger partial charge in [-0.3, -0.25) is 0 Å². The smallest absolute Gasteiger partial charge is 0.241 e. The SMILES string of the molecule is Cc1cc(F)cc(C)c1S(=O)(=O)NCCC(C)N.Cl. The molecule has 19 heavy (non-hydrogen) atoms. The molecule has 0 heterocycles. The van der Waals surface area contributed by atoms with Crippen LogP contribution in [0.4, 0.5) is 4.39 Å². The van der Waals surface area contributed by atoms with Crippen molar-refractivity contribution >= 4 is 22.4 Å². The Bertz CT molecular complexity index is 510. The molecule has 4 nitrogen and oxygen atoms in total. The average molecular weight is 311 g/mol. The average Bonchev–Trinajstić information content (AvgIpc) is 2.13. The van der Waals surface area contributed by atoms with Gasteiger partial charge in [-0.25, -0.2) is 17.5 Å². The maximum atomic E-state index is 13.1. The fraction of sp³-hybridized carbons (Fsp3) is 0.500. The third-order valence-corrected chi connectivity index (χ3v) is 4.35. The van der Waals surface area contributed by atoms with E-state index in [1.54, 1.807) is 13.8 Å². The summed E-state index contributed by atoms with van der Waals surface area (Å²) in [4.78, 5) is 0.147. The Hall–Kier alpha value is -0.690. The number of aryl methyl sites for hydroxylation is 2. The molecule has 0 aliphatic rings. The van der Waals surface area contributed by atoms with Crippen molar-refractivity contribution in [3.8, 4) is 0 Å². The summed E-state index contributed by atoms with van der Waals surface area (Å²) in [7, 11) is -3.61. The number of nitrogens with one attached hydrogen (secondary N) is 1. The van der Waals surface area contributed by atoms with Gasteiger partial charge in [0.05, 0.1) is 4.90 Å². The van der Waals surface area contributed by atoms with E-state index in [1.807, 2.05) is 6.92 Å². The van der Waals surface area contributed by atoms with Crippen LogP contribution in [0.1, 0.15) is 24.5 Å². The van der Waals surface area contributed by atoms with E-state index < -0.39 is 15.8 Å². The molecule has 1 aromatic carbocycles. The minimum absolute atomic E-state index is 0. The monoisotopic (exact) mass is 310 g/mol. The van der Waals surface area contributed by atoms with Crippen molar-refractivity contribution in [2.24, 2.45) is 5.73 Å². The number of sulfonamides is 1. The minimum atomic E-state index is -3.61. The van der Waals surface area contributed by atoms with Crippen LogP contribution in [0, 0.1) is 19.7 Å². The second-order valence-corrected chi connectivity index (χ2v) is 6.24. The third kappa shape index (κ3) is 5.06. The number of nitrogens with two attached hydrogens (primary N) is 1. The van der Waals surface area contributed by atoms with E-state index in [9.17, 15) is 12.8 Å². The molecule has 0 bridgehead atoms. The zero-order chi connectivity index (χ0) is 13.9. The first-order chi connectivity index (χ1) is 8.24. The van der Waals surface area contributed by atoms with Crippen molar-refractivity contribution < 1.29 is 12.8 Å². The molecule has 0 aromatic heterocycles. The summed E-state index contributed by atoms with van der Waals surface area (Å²) < 4.78 is 39.8. The lowest BCUT2D eigenvalue weighted by Gasteiger charge is -2.13. The summed E-state index contributed by atoms with van der Waals surface area (Å²) in [6.45, 7) is 5.24. The van der Waals surface area contributed by atoms with Crippen molar-refractivity contribution in [1.29, 1.82) is 0 Å². The zero-order valence-electron chi connectivity index (χ0n) is 11.2. The van der Waals surface area contributed by atoms with Crippen LogP contribution in [0.5, 0.6) is 0 Å². The van der Waals surface area contributed by atoms with Gasteiger partial charge in [0.25, 0.3) is 0 Å². The third-order valence-electron chi connectivity index (χ3n) is 2.59. The molecule has 1 atom stereocenters. The Morgan fingerprint density at radius 3 is 2.21 bits per heavy atom. The van der Waals surface area contributed by atoms with Crippen LogP contribution in [-0.4, -0.2) is 21.0 Å². The van der Waals surface area contributed by atoms with Crippen LogP contribution >= 0.6 is 12.4 Å². The van der Waals surface area contributed by atoms with Crippen LogP contribution < -0.4 is 10.5 Å². The number of benzene rings is 1. The number of hydrogen-bond acceptors (Lipinski definition) is 3. The normalized spacial score (nSPS) is 12.9. The van der Waals surface area contributed by atoms with Gasteiger partial charge < -0.3 is 5.73 Å². The lowest BCUT2D eigenvalue weighted by molar-refractivity contribution is 0.569. The van der Waals surface area contributed by atoms with E-state index in [0.29, 0.717) is 17.5 Å². The standard InChI is InChI=1S/C12H19FN2O2S.ClH/c1-8-6-11(13)7-9(2)12(8)18(16,17)15-5-4-10(3)14;/h6-7,10,15H,4-5,14H2,1-3H3;1H. The van der Waals surface area contributed by atoms with Gasteiger partial charge in [-0.1, -0.05) is 0 Å². The predicted molar refractivity (Wildman–Crippen MR) is 76.6 cm³/mol. The number of rotatable bonds is 5. The van der Waals surface area contributed by atoms with Crippen molar-refractivity contribution in [3.05, 3.63) is 29.1 Å². The van der Waals surface area contributed by atoms with Crippen LogP contribution in [0.2, 0.25) is 0 Å². The lowest BCUT2D eigenvalue weighted by Crippen LogP contribution is -2.30. The van der Waals surface area contributed by atoms with Gasteiger partial charge in [-0.2, -0.15) is 0 Å². The predicted octanol–water partition coefficient (Wildman–Crippen LogP) is 1.88. The molecule has 0 saturated heterocycles. The number of hydrogen-bond donors (Lipinski definition) is 2. The fourth-order valence-electron chi connectivity index (χ4n) is 1.81. The molecule has 0 saturated carbocycles. The van der Waals surface area contributed by atoms with Crippen LogP contribution in [0.3, 0.4) is 0 Å². The van der Waals surface area contributed by atoms with Crippen LogP contribution in [0.15, 0.2) is 17.0 Å². The molecule has 1 rings (SSSR count). The highest BCUT2D eigenvalue weighted by atomic mass is 35.5. The van der Waals surface area contributed by atoms with Crippen molar-refractivity contribution in [3.63, 3.8) is 0 Å². The fourth-order valence-corrected chi connectivity index (χ4v) is 3.31. The van der Waals surface area contributed by atoms with Gasteiger partial charge in [0.15, 0.2) is 0 Å². The van der Waals surface area contributed by atoms with Crippen LogP contribution in [0.25, 0.3) is 0 Å². The molecule has 3 N–H and O–H groups in total.